The highest BCUT2D eigenvalue weighted by atomic mass is 35.5. The van der Waals surface area contributed by atoms with Crippen LogP contribution in [-0.2, 0) is 14.4 Å². The van der Waals surface area contributed by atoms with Crippen LogP contribution >= 0.6 is 23.4 Å². The minimum absolute atomic E-state index is 0.0456. The zero-order valence-corrected chi connectivity index (χ0v) is 17.7. The summed E-state index contributed by atoms with van der Waals surface area (Å²) in [5, 5.41) is 5.16. The van der Waals surface area contributed by atoms with Crippen molar-refractivity contribution in [2.24, 2.45) is 0 Å². The van der Waals surface area contributed by atoms with Gasteiger partial charge in [-0.25, -0.2) is 0 Å². The maximum Gasteiger partial charge on any atom is 0.294 e. The van der Waals surface area contributed by atoms with Crippen LogP contribution < -0.4 is 10.6 Å². The van der Waals surface area contributed by atoms with E-state index in [-0.39, 0.29) is 4.91 Å². The minimum Gasteiger partial charge on any atom is -0.324 e. The molecular weight excluding hydrogens is 426 g/mol. The highest BCUT2D eigenvalue weighted by Crippen LogP contribution is 2.32. The van der Waals surface area contributed by atoms with Gasteiger partial charge in [-0.15, -0.1) is 0 Å². The summed E-state index contributed by atoms with van der Waals surface area (Å²) >= 11 is 6.43. The van der Waals surface area contributed by atoms with Crippen LogP contribution in [0.25, 0.3) is 0 Å². The first-order valence-electron chi connectivity index (χ1n) is 8.96. The Bertz CT molecular complexity index is 1040. The van der Waals surface area contributed by atoms with E-state index >= 15 is 0 Å². The smallest absolute Gasteiger partial charge is 0.294 e. The molecule has 30 heavy (non-hydrogen) atoms. The van der Waals surface area contributed by atoms with Gasteiger partial charge in [-0.3, -0.25) is 24.1 Å². The van der Waals surface area contributed by atoms with Gasteiger partial charge in [0.2, 0.25) is 11.8 Å². The van der Waals surface area contributed by atoms with E-state index in [4.69, 9.17) is 11.6 Å². The van der Waals surface area contributed by atoms with Crippen molar-refractivity contribution in [1.82, 2.24) is 4.90 Å². The molecule has 4 amide bonds. The number of hydrogen-bond acceptors (Lipinski definition) is 5. The lowest BCUT2D eigenvalue weighted by Gasteiger charge is -2.20. The quantitative estimate of drug-likeness (QED) is 0.675. The van der Waals surface area contributed by atoms with Crippen LogP contribution in [-0.4, -0.2) is 33.9 Å². The van der Waals surface area contributed by atoms with Crippen molar-refractivity contribution in [3.05, 3.63) is 70.1 Å². The van der Waals surface area contributed by atoms with Gasteiger partial charge in [0.1, 0.15) is 6.04 Å². The molecular formula is C21H18ClN3O4S. The van der Waals surface area contributed by atoms with Crippen molar-refractivity contribution >= 4 is 57.7 Å². The third-order valence-electron chi connectivity index (χ3n) is 4.28. The van der Waals surface area contributed by atoms with E-state index < -0.39 is 29.0 Å². The molecule has 3 rings (SSSR count). The molecule has 154 valence electrons. The first kappa shape index (κ1) is 21.6. The molecule has 0 radical (unpaired) electrons. The topological polar surface area (TPSA) is 95.6 Å². The number of halogens is 1. The number of nitrogens with one attached hydrogen (secondary N) is 2. The van der Waals surface area contributed by atoms with Crippen LogP contribution in [0, 0.1) is 6.92 Å². The van der Waals surface area contributed by atoms with Crippen LogP contribution in [0.2, 0.25) is 5.02 Å². The summed E-state index contributed by atoms with van der Waals surface area (Å²) in [6.07, 6.45) is 1.06. The Morgan fingerprint density at radius 3 is 2.20 bits per heavy atom. The number of benzene rings is 2. The van der Waals surface area contributed by atoms with Gasteiger partial charge in [0.05, 0.1) is 4.91 Å². The Morgan fingerprint density at radius 1 is 1.00 bits per heavy atom. The molecule has 0 bridgehead atoms. The van der Waals surface area contributed by atoms with E-state index in [0.717, 1.165) is 16.5 Å². The lowest BCUT2D eigenvalue weighted by Crippen LogP contribution is -2.44. The number of imide groups is 1. The molecule has 2 aromatic rings. The Kier molecular flexibility index (Phi) is 6.59. The molecule has 1 heterocycles. The van der Waals surface area contributed by atoms with Gasteiger partial charge in [-0.05, 0) is 62.0 Å². The molecule has 1 atom stereocenters. The fourth-order valence-corrected chi connectivity index (χ4v) is 3.65. The van der Waals surface area contributed by atoms with E-state index in [1.54, 1.807) is 36.4 Å². The zero-order chi connectivity index (χ0) is 21.8. The number of thioether (sulfide) groups is 1. The van der Waals surface area contributed by atoms with Crippen molar-refractivity contribution in [3.8, 4) is 0 Å². The Balaban J connectivity index is 1.67. The van der Waals surface area contributed by atoms with E-state index in [1.165, 1.54) is 6.92 Å². The molecule has 1 unspecified atom stereocenters. The maximum atomic E-state index is 12.6. The monoisotopic (exact) mass is 443 g/mol. The van der Waals surface area contributed by atoms with Crippen molar-refractivity contribution in [2.45, 2.75) is 19.9 Å². The lowest BCUT2D eigenvalue weighted by molar-refractivity contribution is -0.130. The summed E-state index contributed by atoms with van der Waals surface area (Å²) in [4.78, 5) is 50.4. The average molecular weight is 444 g/mol. The van der Waals surface area contributed by atoms with E-state index in [2.05, 4.69) is 10.6 Å². The summed E-state index contributed by atoms with van der Waals surface area (Å²) < 4.78 is 0. The number of anilines is 2. The number of carbonyl (C=O) groups excluding carboxylic acids is 4. The molecule has 0 spiro atoms. The third-order valence-corrected chi connectivity index (χ3v) is 5.42. The summed E-state index contributed by atoms with van der Waals surface area (Å²) in [7, 11) is 0. The third kappa shape index (κ3) is 5.08. The van der Waals surface area contributed by atoms with Crippen LogP contribution in [0.4, 0.5) is 16.2 Å². The Morgan fingerprint density at radius 2 is 1.57 bits per heavy atom. The van der Waals surface area contributed by atoms with Crippen molar-refractivity contribution in [2.75, 3.05) is 10.6 Å². The Hall–Kier alpha value is -3.10. The number of rotatable bonds is 5. The fourth-order valence-electron chi connectivity index (χ4n) is 2.65. The van der Waals surface area contributed by atoms with Crippen LogP contribution in [0.1, 0.15) is 12.5 Å². The standard InChI is InChI=1S/C21H18ClN3O4S/c1-12-3-7-15(8-4-12)23-18(26)11-17-20(28)25(21(29)30-17)13(2)19(27)24-16-9-5-14(22)6-10-16/h3-11,13H,1-2H3,(H,23,26)(H,24,27)/b17-11-. The van der Waals surface area contributed by atoms with Crippen molar-refractivity contribution in [3.63, 3.8) is 0 Å². The van der Waals surface area contributed by atoms with Crippen LogP contribution in [0.3, 0.4) is 0 Å². The predicted octanol–water partition coefficient (Wildman–Crippen LogP) is 4.19. The van der Waals surface area contributed by atoms with Gasteiger partial charge in [0.15, 0.2) is 0 Å². The van der Waals surface area contributed by atoms with Gasteiger partial charge in [-0.1, -0.05) is 29.3 Å². The summed E-state index contributed by atoms with van der Waals surface area (Å²) in [5.41, 5.74) is 2.09. The molecule has 0 saturated carbocycles. The molecule has 2 N–H and O–H groups in total. The van der Waals surface area contributed by atoms with Crippen LogP contribution in [0.15, 0.2) is 59.5 Å². The average Bonchev–Trinajstić information content (AvgIpc) is 2.97. The molecule has 1 saturated heterocycles. The number of amides is 4. The van der Waals surface area contributed by atoms with Gasteiger partial charge in [-0.2, -0.15) is 0 Å². The van der Waals surface area contributed by atoms with E-state index in [1.807, 2.05) is 19.1 Å². The minimum atomic E-state index is -1.06. The largest absolute Gasteiger partial charge is 0.324 e. The lowest BCUT2D eigenvalue weighted by atomic mass is 10.2. The van der Waals surface area contributed by atoms with Gasteiger partial charge in [0, 0.05) is 22.5 Å². The summed E-state index contributed by atoms with van der Waals surface area (Å²) in [6, 6.07) is 12.5. The molecule has 1 fully saturated rings. The highest BCUT2D eigenvalue weighted by Gasteiger charge is 2.41. The normalized spacial score (nSPS) is 16.0. The molecule has 0 aliphatic carbocycles. The predicted molar refractivity (Wildman–Crippen MR) is 117 cm³/mol. The molecule has 0 aromatic heterocycles. The van der Waals surface area contributed by atoms with Gasteiger partial charge < -0.3 is 10.6 Å². The SMILES string of the molecule is Cc1ccc(NC(=O)/C=C2\SC(=O)N(C(C)C(=O)Nc3ccc(Cl)cc3)C2=O)cc1. The second kappa shape index (κ2) is 9.15. The number of nitrogens with zero attached hydrogens (tertiary/aromatic N) is 1. The molecule has 1 aliphatic rings. The van der Waals surface area contributed by atoms with Gasteiger partial charge in [0.25, 0.3) is 11.1 Å². The van der Waals surface area contributed by atoms with Crippen LogP contribution in [0.5, 0.6) is 0 Å². The van der Waals surface area contributed by atoms with Crippen molar-refractivity contribution < 1.29 is 19.2 Å². The first-order chi connectivity index (χ1) is 14.2. The van der Waals surface area contributed by atoms with E-state index in [9.17, 15) is 19.2 Å². The second-order valence-corrected chi connectivity index (χ2v) is 8.01. The number of aryl methyl sites for hydroxylation is 1. The second-order valence-electron chi connectivity index (χ2n) is 6.58. The number of hydrogen-bond donors (Lipinski definition) is 2. The summed E-state index contributed by atoms with van der Waals surface area (Å²) in [5.74, 6) is -1.77. The summed E-state index contributed by atoms with van der Waals surface area (Å²) in [6.45, 7) is 3.36. The molecule has 2 aromatic carbocycles. The zero-order valence-electron chi connectivity index (χ0n) is 16.1. The fraction of sp³-hybridized carbons (Fsp3) is 0.143. The Labute approximate surface area is 182 Å². The first-order valence-corrected chi connectivity index (χ1v) is 10.1. The maximum absolute atomic E-state index is 12.6. The molecule has 7 nitrogen and oxygen atoms in total. The van der Waals surface area contributed by atoms with Crippen molar-refractivity contribution in [1.29, 1.82) is 0 Å². The molecule has 1 aliphatic heterocycles. The van der Waals surface area contributed by atoms with E-state index in [0.29, 0.717) is 28.2 Å². The number of carbonyl (C=O) groups is 4. The molecule has 9 heteroatoms. The highest BCUT2D eigenvalue weighted by molar-refractivity contribution is 8.18. The van der Waals surface area contributed by atoms with Gasteiger partial charge >= 0.3 is 0 Å².